The molecular formula is C20H15ClN2O3S. The van der Waals surface area contributed by atoms with Crippen molar-refractivity contribution in [1.29, 1.82) is 0 Å². The molecule has 2 heterocycles. The first-order valence-corrected chi connectivity index (χ1v) is 9.41. The Bertz CT molecular complexity index is 1130. The number of anilines is 1. The van der Waals surface area contributed by atoms with Gasteiger partial charge >= 0.3 is 0 Å². The number of halogens is 1. The number of hydrogen-bond acceptors (Lipinski definition) is 5. The van der Waals surface area contributed by atoms with Crippen LogP contribution in [-0.2, 0) is 0 Å². The minimum absolute atomic E-state index is 0.235. The minimum atomic E-state index is -0.351. The summed E-state index contributed by atoms with van der Waals surface area (Å²) in [7, 11) is 1.62. The number of carbonyl (C=O) groups excluding carboxylic acids is 1. The van der Waals surface area contributed by atoms with Gasteiger partial charge < -0.3 is 9.15 Å². The Balaban J connectivity index is 1.58. The van der Waals surface area contributed by atoms with E-state index in [9.17, 15) is 4.79 Å². The Labute approximate surface area is 164 Å². The smallest absolute Gasteiger partial charge is 0.293 e. The zero-order valence-electron chi connectivity index (χ0n) is 14.6. The van der Waals surface area contributed by atoms with E-state index in [1.54, 1.807) is 13.2 Å². The molecule has 0 aliphatic rings. The number of rotatable bonds is 4. The molecule has 5 nitrogen and oxygen atoms in total. The predicted molar refractivity (Wildman–Crippen MR) is 108 cm³/mol. The monoisotopic (exact) mass is 398 g/mol. The second kappa shape index (κ2) is 7.06. The summed E-state index contributed by atoms with van der Waals surface area (Å²) in [6, 6.07) is 13.0. The first-order chi connectivity index (χ1) is 13.1. The van der Waals surface area contributed by atoms with Gasteiger partial charge in [0.15, 0.2) is 16.5 Å². The van der Waals surface area contributed by atoms with Gasteiger partial charge in [-0.05, 0) is 37.3 Å². The lowest BCUT2D eigenvalue weighted by Gasteiger charge is -2.01. The number of hydrogen-bond donors (Lipinski definition) is 1. The summed E-state index contributed by atoms with van der Waals surface area (Å²) in [5.41, 5.74) is 2.98. The van der Waals surface area contributed by atoms with E-state index in [1.165, 1.54) is 11.3 Å². The summed E-state index contributed by atoms with van der Waals surface area (Å²) in [4.78, 5) is 17.1. The first-order valence-electron chi connectivity index (χ1n) is 8.15. The molecule has 0 unspecified atom stereocenters. The van der Waals surface area contributed by atoms with Crippen molar-refractivity contribution in [2.24, 2.45) is 0 Å². The van der Waals surface area contributed by atoms with Crippen LogP contribution in [0.4, 0.5) is 5.13 Å². The van der Waals surface area contributed by atoms with Crippen molar-refractivity contribution in [3.63, 3.8) is 0 Å². The number of aryl methyl sites for hydroxylation is 1. The van der Waals surface area contributed by atoms with E-state index in [0.29, 0.717) is 15.7 Å². The Kier molecular flexibility index (Phi) is 4.59. The zero-order chi connectivity index (χ0) is 19.0. The lowest BCUT2D eigenvalue weighted by atomic mass is 10.1. The molecule has 1 amide bonds. The quantitative estimate of drug-likeness (QED) is 0.473. The maximum absolute atomic E-state index is 12.6. The fourth-order valence-corrected chi connectivity index (χ4v) is 3.73. The van der Waals surface area contributed by atoms with Gasteiger partial charge in [0.05, 0.1) is 17.8 Å². The molecule has 4 rings (SSSR count). The van der Waals surface area contributed by atoms with E-state index in [2.05, 4.69) is 10.3 Å². The minimum Gasteiger partial charge on any atom is -0.497 e. The molecule has 7 heteroatoms. The van der Waals surface area contributed by atoms with Crippen LogP contribution in [0, 0.1) is 6.92 Å². The number of benzene rings is 2. The summed E-state index contributed by atoms with van der Waals surface area (Å²) in [6.45, 7) is 1.84. The summed E-state index contributed by atoms with van der Waals surface area (Å²) < 4.78 is 10.9. The number of para-hydroxylation sites is 1. The van der Waals surface area contributed by atoms with E-state index < -0.39 is 0 Å². The number of thiazole rings is 1. The van der Waals surface area contributed by atoms with Gasteiger partial charge in [0.2, 0.25) is 0 Å². The molecule has 0 fully saturated rings. The average molecular weight is 399 g/mol. The highest BCUT2D eigenvalue weighted by Crippen LogP contribution is 2.32. The van der Waals surface area contributed by atoms with Crippen LogP contribution in [0.5, 0.6) is 5.75 Å². The number of nitrogens with zero attached hydrogens (tertiary/aromatic N) is 1. The maximum Gasteiger partial charge on any atom is 0.293 e. The van der Waals surface area contributed by atoms with E-state index >= 15 is 0 Å². The molecule has 0 bridgehead atoms. The van der Waals surface area contributed by atoms with Crippen molar-refractivity contribution in [1.82, 2.24) is 4.98 Å². The van der Waals surface area contributed by atoms with E-state index in [4.69, 9.17) is 20.8 Å². The summed E-state index contributed by atoms with van der Waals surface area (Å²) in [6.07, 6.45) is 0. The van der Waals surface area contributed by atoms with Gasteiger partial charge in [-0.25, -0.2) is 4.98 Å². The molecule has 136 valence electrons. The highest BCUT2D eigenvalue weighted by molar-refractivity contribution is 7.14. The fraction of sp³-hybridized carbons (Fsp3) is 0.100. The molecule has 0 radical (unpaired) electrons. The van der Waals surface area contributed by atoms with E-state index in [-0.39, 0.29) is 11.7 Å². The molecule has 0 saturated heterocycles. The Hall–Kier alpha value is -2.83. The van der Waals surface area contributed by atoms with Gasteiger partial charge in [0.25, 0.3) is 5.91 Å². The third-order valence-corrected chi connectivity index (χ3v) is 5.29. The number of methoxy groups -OCH3 is 1. The van der Waals surface area contributed by atoms with Crippen molar-refractivity contribution in [2.45, 2.75) is 6.92 Å². The van der Waals surface area contributed by atoms with Crippen molar-refractivity contribution < 1.29 is 13.9 Å². The van der Waals surface area contributed by atoms with Gasteiger partial charge in [0, 0.05) is 21.9 Å². The average Bonchev–Trinajstić information content (AvgIpc) is 3.28. The van der Waals surface area contributed by atoms with Crippen molar-refractivity contribution in [3.8, 4) is 17.0 Å². The predicted octanol–water partition coefficient (Wildman–Crippen LogP) is 5.78. The number of aromatic nitrogens is 1. The SMILES string of the molecule is COc1ccc(-c2csc(NC(=O)c3oc4c(Cl)cccc4c3C)n2)cc1. The van der Waals surface area contributed by atoms with Crippen LogP contribution in [0.3, 0.4) is 0 Å². The van der Waals surface area contributed by atoms with Crippen molar-refractivity contribution in [3.05, 3.63) is 64.2 Å². The molecule has 0 spiro atoms. The zero-order valence-corrected chi connectivity index (χ0v) is 16.1. The normalized spacial score (nSPS) is 10.9. The lowest BCUT2D eigenvalue weighted by Crippen LogP contribution is -2.11. The van der Waals surface area contributed by atoms with Crippen LogP contribution < -0.4 is 10.1 Å². The van der Waals surface area contributed by atoms with Crippen LogP contribution in [0.1, 0.15) is 16.1 Å². The molecule has 1 N–H and O–H groups in total. The third-order valence-electron chi connectivity index (χ3n) is 4.23. The van der Waals surface area contributed by atoms with Gasteiger partial charge in [-0.1, -0.05) is 23.7 Å². The standard InChI is InChI=1S/C20H15ClN2O3S/c1-11-14-4-3-5-15(21)18(14)26-17(11)19(24)23-20-22-16(10-27-20)12-6-8-13(25-2)9-7-12/h3-10H,1-2H3,(H,22,23,24). The highest BCUT2D eigenvalue weighted by atomic mass is 35.5. The fourth-order valence-electron chi connectivity index (χ4n) is 2.80. The number of carbonyl (C=O) groups is 1. The first kappa shape index (κ1) is 17.6. The Morgan fingerprint density at radius 1 is 1.22 bits per heavy atom. The van der Waals surface area contributed by atoms with Crippen molar-refractivity contribution >= 4 is 44.9 Å². The molecule has 0 aliphatic heterocycles. The summed E-state index contributed by atoms with van der Waals surface area (Å²) in [5.74, 6) is 0.663. The van der Waals surface area contributed by atoms with Gasteiger partial charge in [0.1, 0.15) is 5.75 Å². The Morgan fingerprint density at radius 3 is 2.70 bits per heavy atom. The number of fused-ring (bicyclic) bond motifs is 1. The highest BCUT2D eigenvalue weighted by Gasteiger charge is 2.20. The topological polar surface area (TPSA) is 64.4 Å². The van der Waals surface area contributed by atoms with Gasteiger partial charge in [-0.15, -0.1) is 11.3 Å². The number of ether oxygens (including phenoxy) is 1. The lowest BCUT2D eigenvalue weighted by molar-refractivity contribution is 0.0998. The molecule has 2 aromatic heterocycles. The van der Waals surface area contributed by atoms with Crippen LogP contribution in [0.2, 0.25) is 5.02 Å². The summed E-state index contributed by atoms with van der Waals surface area (Å²) >= 11 is 7.51. The molecule has 0 saturated carbocycles. The summed E-state index contributed by atoms with van der Waals surface area (Å²) in [5, 5.41) is 6.49. The molecule has 0 aliphatic carbocycles. The molecule has 0 atom stereocenters. The van der Waals surface area contributed by atoms with E-state index in [0.717, 1.165) is 28.0 Å². The van der Waals surface area contributed by atoms with Crippen LogP contribution in [-0.4, -0.2) is 18.0 Å². The molecular weight excluding hydrogens is 384 g/mol. The second-order valence-corrected chi connectivity index (χ2v) is 7.16. The molecule has 2 aromatic carbocycles. The second-order valence-electron chi connectivity index (χ2n) is 5.89. The number of furan rings is 1. The Morgan fingerprint density at radius 2 is 2.00 bits per heavy atom. The third kappa shape index (κ3) is 3.29. The van der Waals surface area contributed by atoms with Crippen LogP contribution in [0.25, 0.3) is 22.2 Å². The van der Waals surface area contributed by atoms with Crippen LogP contribution >= 0.6 is 22.9 Å². The molecule has 27 heavy (non-hydrogen) atoms. The van der Waals surface area contributed by atoms with E-state index in [1.807, 2.05) is 48.7 Å². The number of amides is 1. The molecule has 4 aromatic rings. The largest absolute Gasteiger partial charge is 0.497 e. The maximum atomic E-state index is 12.6. The van der Waals surface area contributed by atoms with Gasteiger partial charge in [-0.2, -0.15) is 0 Å². The number of nitrogens with one attached hydrogen (secondary N) is 1. The van der Waals surface area contributed by atoms with Gasteiger partial charge in [-0.3, -0.25) is 10.1 Å². The van der Waals surface area contributed by atoms with Crippen molar-refractivity contribution in [2.75, 3.05) is 12.4 Å². The van der Waals surface area contributed by atoms with Crippen LogP contribution in [0.15, 0.2) is 52.3 Å².